The van der Waals surface area contributed by atoms with Gasteiger partial charge >= 0.3 is 6.03 Å². The van der Waals surface area contributed by atoms with Crippen molar-refractivity contribution in [1.29, 1.82) is 0 Å². The smallest absolute Gasteiger partial charge is 0.320 e. The zero-order chi connectivity index (χ0) is 20.2. The van der Waals surface area contributed by atoms with Crippen LogP contribution in [0.3, 0.4) is 0 Å². The van der Waals surface area contributed by atoms with Crippen LogP contribution >= 0.6 is 11.6 Å². The lowest BCUT2D eigenvalue weighted by Crippen LogP contribution is -2.28. The van der Waals surface area contributed by atoms with Gasteiger partial charge in [-0.1, -0.05) is 23.7 Å². The average molecular weight is 408 g/mol. The summed E-state index contributed by atoms with van der Waals surface area (Å²) >= 11 is 5.93. The number of pyridine rings is 1. The second kappa shape index (κ2) is 8.24. The van der Waals surface area contributed by atoms with Crippen molar-refractivity contribution in [3.8, 4) is 11.3 Å². The standard InChI is InChI=1S/C20H18ClN7O/c1-2-22-20(29)27-18-8-7-16-19(26-18)25-17(10-23-16)14-9-24-28(12-14)11-13-3-5-15(21)6-4-13/h3-10,12H,2,11H2,1H3,(H2,22,25,26,27,29). The summed E-state index contributed by atoms with van der Waals surface area (Å²) < 4.78 is 1.82. The molecule has 8 nitrogen and oxygen atoms in total. The molecule has 0 fully saturated rings. The molecule has 2 amide bonds. The number of halogens is 1. The Morgan fingerprint density at radius 2 is 1.93 bits per heavy atom. The van der Waals surface area contributed by atoms with Crippen LogP contribution in [0.2, 0.25) is 5.02 Å². The fourth-order valence-corrected chi connectivity index (χ4v) is 2.91. The molecule has 4 rings (SSSR count). The molecule has 146 valence electrons. The van der Waals surface area contributed by atoms with Crippen LogP contribution in [0.1, 0.15) is 12.5 Å². The summed E-state index contributed by atoms with van der Waals surface area (Å²) in [5.41, 5.74) is 3.67. The first-order valence-corrected chi connectivity index (χ1v) is 9.44. The van der Waals surface area contributed by atoms with Gasteiger partial charge in [0.05, 0.1) is 24.6 Å². The molecule has 1 aromatic carbocycles. The van der Waals surface area contributed by atoms with Gasteiger partial charge in [0.25, 0.3) is 0 Å². The highest BCUT2D eigenvalue weighted by Crippen LogP contribution is 2.19. The van der Waals surface area contributed by atoms with E-state index in [0.717, 1.165) is 11.1 Å². The van der Waals surface area contributed by atoms with Gasteiger partial charge in [0.15, 0.2) is 5.65 Å². The van der Waals surface area contributed by atoms with Crippen LogP contribution in [0.25, 0.3) is 22.4 Å². The van der Waals surface area contributed by atoms with E-state index in [2.05, 4.69) is 30.7 Å². The molecule has 0 aliphatic rings. The molecule has 0 spiro atoms. The monoisotopic (exact) mass is 407 g/mol. The number of fused-ring (bicyclic) bond motifs is 1. The molecule has 0 unspecified atom stereocenters. The summed E-state index contributed by atoms with van der Waals surface area (Å²) in [5, 5.41) is 10.4. The fraction of sp³-hybridized carbons (Fsp3) is 0.150. The molecule has 3 aromatic heterocycles. The number of carbonyl (C=O) groups is 1. The SMILES string of the molecule is CCNC(=O)Nc1ccc2ncc(-c3cnn(Cc4ccc(Cl)cc4)c3)nc2n1. The Hall–Kier alpha value is -3.52. The van der Waals surface area contributed by atoms with Crippen LogP contribution in [0.5, 0.6) is 0 Å². The molecule has 0 saturated heterocycles. The maximum absolute atomic E-state index is 11.7. The lowest BCUT2D eigenvalue weighted by atomic mass is 10.2. The van der Waals surface area contributed by atoms with E-state index in [1.54, 1.807) is 24.5 Å². The number of urea groups is 1. The number of anilines is 1. The highest BCUT2D eigenvalue weighted by atomic mass is 35.5. The minimum absolute atomic E-state index is 0.313. The Labute approximate surface area is 172 Å². The van der Waals surface area contributed by atoms with Gasteiger partial charge < -0.3 is 5.32 Å². The van der Waals surface area contributed by atoms with E-state index in [9.17, 15) is 4.79 Å². The van der Waals surface area contributed by atoms with Crippen molar-refractivity contribution >= 4 is 34.6 Å². The van der Waals surface area contributed by atoms with Gasteiger partial charge in [0.2, 0.25) is 0 Å². The number of nitrogens with one attached hydrogen (secondary N) is 2. The molecule has 2 N–H and O–H groups in total. The minimum atomic E-state index is -0.313. The number of hydrogen-bond donors (Lipinski definition) is 2. The van der Waals surface area contributed by atoms with Gasteiger partial charge in [-0.15, -0.1) is 0 Å². The van der Waals surface area contributed by atoms with Crippen molar-refractivity contribution < 1.29 is 4.79 Å². The van der Waals surface area contributed by atoms with Crippen molar-refractivity contribution in [3.05, 3.63) is 65.6 Å². The summed E-state index contributed by atoms with van der Waals surface area (Å²) in [6, 6.07) is 10.8. The van der Waals surface area contributed by atoms with E-state index in [-0.39, 0.29) is 6.03 Å². The third kappa shape index (κ3) is 4.49. The largest absolute Gasteiger partial charge is 0.338 e. The van der Waals surface area contributed by atoms with E-state index in [1.807, 2.05) is 42.1 Å². The quantitative estimate of drug-likeness (QED) is 0.525. The van der Waals surface area contributed by atoms with Crippen molar-refractivity contribution in [1.82, 2.24) is 30.0 Å². The zero-order valence-corrected chi connectivity index (χ0v) is 16.4. The Morgan fingerprint density at radius 3 is 2.72 bits per heavy atom. The van der Waals surface area contributed by atoms with Gasteiger partial charge in [-0.3, -0.25) is 15.0 Å². The summed E-state index contributed by atoms with van der Waals surface area (Å²) in [6.45, 7) is 3.00. The first-order chi connectivity index (χ1) is 14.1. The predicted molar refractivity (Wildman–Crippen MR) is 112 cm³/mol. The van der Waals surface area contributed by atoms with E-state index in [0.29, 0.717) is 40.8 Å². The molecule has 29 heavy (non-hydrogen) atoms. The second-order valence-corrected chi connectivity index (χ2v) is 6.77. The summed E-state index contributed by atoms with van der Waals surface area (Å²) in [4.78, 5) is 25.1. The topological polar surface area (TPSA) is 97.6 Å². The summed E-state index contributed by atoms with van der Waals surface area (Å²) in [7, 11) is 0. The van der Waals surface area contributed by atoms with Crippen LogP contribution in [0.4, 0.5) is 10.6 Å². The number of nitrogens with zero attached hydrogens (tertiary/aromatic N) is 5. The van der Waals surface area contributed by atoms with Crippen molar-refractivity contribution in [3.63, 3.8) is 0 Å². The Balaban J connectivity index is 1.56. The zero-order valence-electron chi connectivity index (χ0n) is 15.6. The number of benzene rings is 1. The van der Waals surface area contributed by atoms with Crippen molar-refractivity contribution in [2.24, 2.45) is 0 Å². The lowest BCUT2D eigenvalue weighted by Gasteiger charge is -2.06. The molecule has 3 heterocycles. The second-order valence-electron chi connectivity index (χ2n) is 6.33. The third-order valence-corrected chi connectivity index (χ3v) is 4.42. The third-order valence-electron chi connectivity index (χ3n) is 4.17. The van der Waals surface area contributed by atoms with Crippen LogP contribution in [-0.4, -0.2) is 37.3 Å². The predicted octanol–water partition coefficient (Wildman–Crippen LogP) is 3.73. The molecule has 9 heteroatoms. The van der Waals surface area contributed by atoms with E-state index in [1.165, 1.54) is 0 Å². The Kier molecular flexibility index (Phi) is 5.35. The average Bonchev–Trinajstić information content (AvgIpc) is 3.18. The highest BCUT2D eigenvalue weighted by Gasteiger charge is 2.09. The Morgan fingerprint density at radius 1 is 1.10 bits per heavy atom. The maximum atomic E-state index is 11.7. The molecule has 0 radical (unpaired) electrons. The Bertz CT molecular complexity index is 1160. The first kappa shape index (κ1) is 18.8. The molecule has 4 aromatic rings. The molecule has 0 bridgehead atoms. The molecular formula is C20H18ClN7O. The highest BCUT2D eigenvalue weighted by molar-refractivity contribution is 6.30. The van der Waals surface area contributed by atoms with Gasteiger partial charge in [0.1, 0.15) is 11.3 Å². The van der Waals surface area contributed by atoms with Crippen LogP contribution in [0, 0.1) is 0 Å². The molecular weight excluding hydrogens is 390 g/mol. The molecule has 0 atom stereocenters. The van der Waals surface area contributed by atoms with E-state index in [4.69, 9.17) is 11.6 Å². The van der Waals surface area contributed by atoms with Crippen LogP contribution in [-0.2, 0) is 6.54 Å². The number of hydrogen-bond acceptors (Lipinski definition) is 5. The lowest BCUT2D eigenvalue weighted by molar-refractivity contribution is 0.252. The maximum Gasteiger partial charge on any atom is 0.320 e. The normalized spacial score (nSPS) is 10.8. The minimum Gasteiger partial charge on any atom is -0.338 e. The summed E-state index contributed by atoms with van der Waals surface area (Å²) in [6.07, 6.45) is 5.33. The number of carbonyl (C=O) groups excluding carboxylic acids is 1. The van der Waals surface area contributed by atoms with Crippen molar-refractivity contribution in [2.45, 2.75) is 13.5 Å². The molecule has 0 aliphatic carbocycles. The fourth-order valence-electron chi connectivity index (χ4n) is 2.79. The van der Waals surface area contributed by atoms with Gasteiger partial charge in [-0.25, -0.2) is 14.8 Å². The summed E-state index contributed by atoms with van der Waals surface area (Å²) in [5.74, 6) is 0.410. The van der Waals surface area contributed by atoms with E-state index < -0.39 is 0 Å². The van der Waals surface area contributed by atoms with Gasteiger partial charge in [-0.05, 0) is 36.8 Å². The number of rotatable bonds is 5. The van der Waals surface area contributed by atoms with Crippen molar-refractivity contribution in [2.75, 3.05) is 11.9 Å². The van der Waals surface area contributed by atoms with Gasteiger partial charge in [0, 0.05) is 23.3 Å². The van der Waals surface area contributed by atoms with Crippen LogP contribution < -0.4 is 10.6 Å². The number of aromatic nitrogens is 5. The molecule has 0 aliphatic heterocycles. The molecule has 0 saturated carbocycles. The van der Waals surface area contributed by atoms with Gasteiger partial charge in [-0.2, -0.15) is 5.10 Å². The number of amides is 2. The first-order valence-electron chi connectivity index (χ1n) is 9.06. The van der Waals surface area contributed by atoms with E-state index >= 15 is 0 Å². The van der Waals surface area contributed by atoms with Crippen LogP contribution in [0.15, 0.2) is 55.0 Å².